The first-order valence-corrected chi connectivity index (χ1v) is 7.15. The molecule has 1 aromatic rings. The lowest BCUT2D eigenvalue weighted by atomic mass is 10.0. The summed E-state index contributed by atoms with van der Waals surface area (Å²) >= 11 is 0. The third kappa shape index (κ3) is 2.83. The predicted octanol–water partition coefficient (Wildman–Crippen LogP) is 5.31. The van der Waals surface area contributed by atoms with Gasteiger partial charge in [0.2, 0.25) is 0 Å². The van der Waals surface area contributed by atoms with E-state index in [1.54, 1.807) is 0 Å². The monoisotopic (exact) mass is 336 g/mol. The molecular formula is C17H25BrN2. The minimum absolute atomic E-state index is 0. The Morgan fingerprint density at radius 3 is 2.20 bits per heavy atom. The molecule has 0 unspecified atom stereocenters. The molecular weight excluding hydrogens is 312 g/mol. The highest BCUT2D eigenvalue weighted by Gasteiger charge is 2.17. The zero-order valence-corrected chi connectivity index (χ0v) is 15.1. The van der Waals surface area contributed by atoms with Gasteiger partial charge in [0, 0.05) is 17.1 Å². The average Bonchev–Trinajstić information content (AvgIpc) is 2.78. The molecule has 0 bridgehead atoms. The molecule has 0 amide bonds. The van der Waals surface area contributed by atoms with Crippen LogP contribution in [0.25, 0.3) is 6.08 Å². The number of aliphatic imine (C=N–C) groups is 1. The Morgan fingerprint density at radius 1 is 1.05 bits per heavy atom. The van der Waals surface area contributed by atoms with Crippen molar-refractivity contribution in [1.29, 1.82) is 0 Å². The van der Waals surface area contributed by atoms with Crippen molar-refractivity contribution in [3.63, 3.8) is 0 Å². The lowest BCUT2D eigenvalue weighted by molar-refractivity contribution is 1.08. The Morgan fingerprint density at radius 2 is 1.70 bits per heavy atom. The zero-order valence-electron chi connectivity index (χ0n) is 13.3. The first-order chi connectivity index (χ1) is 8.99. The van der Waals surface area contributed by atoms with E-state index < -0.39 is 0 Å². The topological polar surface area (TPSA) is 28.1 Å². The van der Waals surface area contributed by atoms with E-state index in [4.69, 9.17) is 4.99 Å². The molecule has 0 aliphatic carbocycles. The van der Waals surface area contributed by atoms with Crippen LogP contribution in [0.3, 0.4) is 0 Å². The summed E-state index contributed by atoms with van der Waals surface area (Å²) < 4.78 is 0. The number of nitrogens with one attached hydrogen (secondary N) is 1. The van der Waals surface area contributed by atoms with Gasteiger partial charge in [0.15, 0.2) is 0 Å². The summed E-state index contributed by atoms with van der Waals surface area (Å²) in [5, 5.41) is 0. The number of hydrogen-bond donors (Lipinski definition) is 1. The van der Waals surface area contributed by atoms with Gasteiger partial charge in [-0.2, -0.15) is 0 Å². The highest BCUT2D eigenvalue weighted by atomic mass is 79.9. The van der Waals surface area contributed by atoms with Crippen LogP contribution in [-0.2, 0) is 6.42 Å². The highest BCUT2D eigenvalue weighted by molar-refractivity contribution is 8.93. The minimum atomic E-state index is 0. The van der Waals surface area contributed by atoms with Crippen LogP contribution >= 0.6 is 17.0 Å². The van der Waals surface area contributed by atoms with Crippen LogP contribution < -0.4 is 0 Å². The third-order valence-electron chi connectivity index (χ3n) is 4.21. The van der Waals surface area contributed by atoms with E-state index in [-0.39, 0.29) is 17.0 Å². The van der Waals surface area contributed by atoms with Crippen LogP contribution in [0.5, 0.6) is 0 Å². The van der Waals surface area contributed by atoms with Gasteiger partial charge in [-0.05, 0) is 68.9 Å². The number of aryl methyl sites for hydroxylation is 1. The summed E-state index contributed by atoms with van der Waals surface area (Å²) in [6.07, 6.45) is 4.33. The Bertz CT molecular complexity index is 601. The van der Waals surface area contributed by atoms with E-state index in [2.05, 4.69) is 52.6 Å². The fourth-order valence-electron chi connectivity index (χ4n) is 2.93. The quantitative estimate of drug-likeness (QED) is 0.774. The highest BCUT2D eigenvalue weighted by Crippen LogP contribution is 2.30. The van der Waals surface area contributed by atoms with E-state index in [1.807, 2.05) is 0 Å². The van der Waals surface area contributed by atoms with Gasteiger partial charge in [-0.3, -0.25) is 4.99 Å². The molecule has 1 N–H and O–H groups in total. The maximum atomic E-state index is 4.71. The predicted molar refractivity (Wildman–Crippen MR) is 94.0 cm³/mol. The van der Waals surface area contributed by atoms with Crippen LogP contribution in [0.1, 0.15) is 56.6 Å². The van der Waals surface area contributed by atoms with E-state index >= 15 is 0 Å². The number of nitrogens with zero attached hydrogens (tertiary/aromatic N) is 1. The van der Waals surface area contributed by atoms with Gasteiger partial charge in [0.05, 0.1) is 5.70 Å². The molecule has 1 aromatic heterocycles. The zero-order chi connectivity index (χ0) is 14.2. The van der Waals surface area contributed by atoms with Crippen molar-refractivity contribution in [3.8, 4) is 0 Å². The summed E-state index contributed by atoms with van der Waals surface area (Å²) in [6.45, 7) is 13.0. The molecule has 2 heterocycles. The largest absolute Gasteiger partial charge is 0.359 e. The number of aromatic amines is 1. The lowest BCUT2D eigenvalue weighted by Gasteiger charge is -2.02. The van der Waals surface area contributed by atoms with Crippen molar-refractivity contribution >= 4 is 28.8 Å². The lowest BCUT2D eigenvalue weighted by Crippen LogP contribution is -1.89. The molecule has 0 saturated heterocycles. The average molecular weight is 337 g/mol. The van der Waals surface area contributed by atoms with E-state index in [9.17, 15) is 0 Å². The Labute approximate surface area is 132 Å². The van der Waals surface area contributed by atoms with Gasteiger partial charge in [0.1, 0.15) is 0 Å². The van der Waals surface area contributed by atoms with Crippen LogP contribution in [0, 0.1) is 13.8 Å². The smallest absolute Gasteiger partial charge is 0.0688 e. The molecule has 0 atom stereocenters. The maximum Gasteiger partial charge on any atom is 0.0688 e. The van der Waals surface area contributed by atoms with Crippen LogP contribution in [0.15, 0.2) is 21.8 Å². The summed E-state index contributed by atoms with van der Waals surface area (Å²) in [4.78, 5) is 8.20. The molecule has 0 aromatic carbocycles. The summed E-state index contributed by atoms with van der Waals surface area (Å²) in [5.74, 6) is 0. The molecule has 110 valence electrons. The van der Waals surface area contributed by atoms with Crippen molar-refractivity contribution < 1.29 is 0 Å². The fourth-order valence-corrected chi connectivity index (χ4v) is 2.93. The molecule has 20 heavy (non-hydrogen) atoms. The number of H-pyrrole nitrogens is 1. The number of halogens is 1. The minimum Gasteiger partial charge on any atom is -0.359 e. The van der Waals surface area contributed by atoms with Crippen molar-refractivity contribution in [1.82, 2.24) is 4.98 Å². The standard InChI is InChI=1S/C17H24N2.BrH/c1-7-14-11(4)16(19-13(14)6)9-17-15(8-2)10(3)12(5)18-17;/h9,19H,7-8H2,1-6H3;1H/b17-9+;. The molecule has 1 aliphatic heterocycles. The molecule has 1 aliphatic rings. The number of aromatic nitrogens is 1. The molecule has 0 radical (unpaired) electrons. The van der Waals surface area contributed by atoms with Crippen LogP contribution in [0.2, 0.25) is 0 Å². The van der Waals surface area contributed by atoms with Gasteiger partial charge < -0.3 is 4.98 Å². The molecule has 3 heteroatoms. The van der Waals surface area contributed by atoms with Gasteiger partial charge in [-0.25, -0.2) is 0 Å². The van der Waals surface area contributed by atoms with Crippen LogP contribution in [-0.4, -0.2) is 10.7 Å². The first kappa shape index (κ1) is 17.0. The summed E-state index contributed by atoms with van der Waals surface area (Å²) in [5.41, 5.74) is 10.3. The molecule has 0 spiro atoms. The number of allylic oxidation sites excluding steroid dienone is 2. The number of rotatable bonds is 3. The molecule has 0 saturated carbocycles. The van der Waals surface area contributed by atoms with Gasteiger partial charge in [-0.1, -0.05) is 13.8 Å². The Balaban J connectivity index is 0.00000200. The number of hydrogen-bond acceptors (Lipinski definition) is 1. The first-order valence-electron chi connectivity index (χ1n) is 7.15. The SMILES string of the molecule is Br.CCC1=C(C)C(C)=N/C1=C/c1[nH]c(C)c(CC)c1C. The van der Waals surface area contributed by atoms with Crippen molar-refractivity contribution in [2.45, 2.75) is 54.4 Å². The fraction of sp³-hybridized carbons (Fsp3) is 0.471. The molecule has 0 fully saturated rings. The van der Waals surface area contributed by atoms with E-state index in [1.165, 1.54) is 33.7 Å². The molecule has 2 rings (SSSR count). The second-order valence-electron chi connectivity index (χ2n) is 5.30. The second-order valence-corrected chi connectivity index (χ2v) is 5.30. The Hall–Kier alpha value is -1.09. The van der Waals surface area contributed by atoms with Gasteiger partial charge in [-0.15, -0.1) is 17.0 Å². The van der Waals surface area contributed by atoms with Crippen molar-refractivity contribution in [2.75, 3.05) is 0 Å². The van der Waals surface area contributed by atoms with Crippen LogP contribution in [0.4, 0.5) is 0 Å². The van der Waals surface area contributed by atoms with Crippen molar-refractivity contribution in [3.05, 3.63) is 39.4 Å². The third-order valence-corrected chi connectivity index (χ3v) is 4.21. The Kier molecular flexibility index (Phi) is 5.58. The summed E-state index contributed by atoms with van der Waals surface area (Å²) in [7, 11) is 0. The maximum absolute atomic E-state index is 4.71. The van der Waals surface area contributed by atoms with Crippen molar-refractivity contribution in [2.24, 2.45) is 4.99 Å². The normalized spacial score (nSPS) is 16.7. The van der Waals surface area contributed by atoms with E-state index in [0.717, 1.165) is 24.3 Å². The van der Waals surface area contributed by atoms with Gasteiger partial charge >= 0.3 is 0 Å². The van der Waals surface area contributed by atoms with E-state index in [0.29, 0.717) is 0 Å². The summed E-state index contributed by atoms with van der Waals surface area (Å²) in [6, 6.07) is 0. The second kappa shape index (κ2) is 6.57. The van der Waals surface area contributed by atoms with Gasteiger partial charge in [0.25, 0.3) is 0 Å². The molecule has 2 nitrogen and oxygen atoms in total.